The molecule has 0 aliphatic carbocycles. The van der Waals surface area contributed by atoms with Crippen molar-refractivity contribution in [3.63, 3.8) is 0 Å². The number of carbonyl (C=O) groups excluding carboxylic acids is 2. The Balaban J connectivity index is 1.95. The minimum absolute atomic E-state index is 0.223. The van der Waals surface area contributed by atoms with Crippen molar-refractivity contribution in [3.05, 3.63) is 30.0 Å². The molecule has 0 saturated carbocycles. The Labute approximate surface area is 161 Å². The van der Waals surface area contributed by atoms with Crippen LogP contribution in [0, 0.1) is 0 Å². The molecule has 2 aromatic rings. The van der Waals surface area contributed by atoms with Crippen LogP contribution >= 0.6 is 0 Å². The topological polar surface area (TPSA) is 83.2 Å². The highest BCUT2D eigenvalue weighted by atomic mass is 16.5. The van der Waals surface area contributed by atoms with Crippen LogP contribution < -0.4 is 15.4 Å². The van der Waals surface area contributed by atoms with Gasteiger partial charge in [-0.15, -0.1) is 0 Å². The zero-order chi connectivity index (χ0) is 20.0. The zero-order valence-electron chi connectivity index (χ0n) is 16.9. The van der Waals surface area contributed by atoms with Crippen molar-refractivity contribution in [2.24, 2.45) is 0 Å². The number of aromatic amines is 1. The Morgan fingerprint density at radius 2 is 2.00 bits per heavy atom. The zero-order valence-corrected chi connectivity index (χ0v) is 16.9. The SMILES string of the molecule is CCCC(NC(C)(C)C)C(=O)C(=O)NCCc1c[nH]c2ccc(OC)cc12. The summed E-state index contributed by atoms with van der Waals surface area (Å²) < 4.78 is 5.27. The number of benzene rings is 1. The molecule has 27 heavy (non-hydrogen) atoms. The molecular weight excluding hydrogens is 342 g/mol. The highest BCUT2D eigenvalue weighted by Gasteiger charge is 2.27. The second-order valence-corrected chi connectivity index (χ2v) is 7.83. The van der Waals surface area contributed by atoms with Crippen LogP contribution in [0.1, 0.15) is 46.1 Å². The fourth-order valence-electron chi connectivity index (χ4n) is 3.13. The Morgan fingerprint density at radius 3 is 2.63 bits per heavy atom. The number of methoxy groups -OCH3 is 1. The standard InChI is InChI=1S/C21H31N3O3/c1-6-7-18(24-21(2,3)4)19(25)20(26)22-11-10-14-13-23-17-9-8-15(27-5)12-16(14)17/h8-9,12-13,18,23-24H,6-7,10-11H2,1-5H3,(H,22,26). The van der Waals surface area contributed by atoms with E-state index in [4.69, 9.17) is 4.74 Å². The van der Waals surface area contributed by atoms with Gasteiger partial charge in [-0.2, -0.15) is 0 Å². The number of ether oxygens (including phenoxy) is 1. The van der Waals surface area contributed by atoms with Crippen molar-refractivity contribution in [3.8, 4) is 5.75 Å². The number of amides is 1. The van der Waals surface area contributed by atoms with Crippen LogP contribution in [-0.4, -0.2) is 41.9 Å². The van der Waals surface area contributed by atoms with Gasteiger partial charge in [0.1, 0.15) is 5.75 Å². The summed E-state index contributed by atoms with van der Waals surface area (Å²) in [5.41, 5.74) is 1.87. The number of carbonyl (C=O) groups is 2. The molecule has 148 valence electrons. The monoisotopic (exact) mass is 373 g/mol. The summed E-state index contributed by atoms with van der Waals surface area (Å²) >= 11 is 0. The van der Waals surface area contributed by atoms with Crippen LogP contribution in [0.5, 0.6) is 5.75 Å². The number of hydrogen-bond donors (Lipinski definition) is 3. The molecule has 0 spiro atoms. The Bertz CT molecular complexity index is 790. The number of hydrogen-bond acceptors (Lipinski definition) is 4. The van der Waals surface area contributed by atoms with E-state index in [1.54, 1.807) is 7.11 Å². The Morgan fingerprint density at radius 1 is 1.26 bits per heavy atom. The van der Waals surface area contributed by atoms with E-state index in [9.17, 15) is 9.59 Å². The third-order valence-electron chi connectivity index (χ3n) is 4.38. The molecule has 3 N–H and O–H groups in total. The molecule has 1 aromatic heterocycles. The minimum atomic E-state index is -0.525. The Kier molecular flexibility index (Phi) is 7.02. The quantitative estimate of drug-likeness (QED) is 0.590. The van der Waals surface area contributed by atoms with E-state index in [-0.39, 0.29) is 5.54 Å². The predicted molar refractivity (Wildman–Crippen MR) is 108 cm³/mol. The molecule has 0 radical (unpaired) electrons. The molecule has 0 saturated heterocycles. The number of rotatable bonds is 9. The van der Waals surface area contributed by atoms with Crippen molar-refractivity contribution < 1.29 is 14.3 Å². The van der Waals surface area contributed by atoms with E-state index in [1.807, 2.05) is 52.1 Å². The van der Waals surface area contributed by atoms with Gasteiger partial charge in [-0.3, -0.25) is 9.59 Å². The molecule has 0 aliphatic rings. The minimum Gasteiger partial charge on any atom is -0.497 e. The molecule has 1 aromatic carbocycles. The van der Waals surface area contributed by atoms with E-state index in [0.717, 1.165) is 28.6 Å². The first kappa shape index (κ1) is 21.0. The average molecular weight is 373 g/mol. The molecule has 6 nitrogen and oxygen atoms in total. The highest BCUT2D eigenvalue weighted by Crippen LogP contribution is 2.23. The summed E-state index contributed by atoms with van der Waals surface area (Å²) in [5.74, 6) is -0.131. The first-order chi connectivity index (χ1) is 12.7. The number of ketones is 1. The third kappa shape index (κ3) is 5.82. The average Bonchev–Trinajstić information content (AvgIpc) is 3.01. The molecule has 1 amide bonds. The lowest BCUT2D eigenvalue weighted by Gasteiger charge is -2.27. The Hall–Kier alpha value is -2.34. The van der Waals surface area contributed by atoms with Crippen molar-refractivity contribution in [1.82, 2.24) is 15.6 Å². The smallest absolute Gasteiger partial charge is 0.289 e. The van der Waals surface area contributed by atoms with Gasteiger partial charge in [0.25, 0.3) is 5.91 Å². The van der Waals surface area contributed by atoms with Crippen molar-refractivity contribution >= 4 is 22.6 Å². The van der Waals surface area contributed by atoms with Gasteiger partial charge in [0.15, 0.2) is 0 Å². The van der Waals surface area contributed by atoms with Crippen LogP contribution in [0.4, 0.5) is 0 Å². The van der Waals surface area contributed by atoms with Gasteiger partial charge in [0.05, 0.1) is 13.2 Å². The molecule has 6 heteroatoms. The largest absolute Gasteiger partial charge is 0.497 e. The molecule has 1 unspecified atom stereocenters. The van der Waals surface area contributed by atoms with Crippen molar-refractivity contribution in [1.29, 1.82) is 0 Å². The summed E-state index contributed by atoms with van der Waals surface area (Å²) in [4.78, 5) is 28.0. The maximum atomic E-state index is 12.5. The second kappa shape index (κ2) is 9.04. The fraction of sp³-hybridized carbons (Fsp3) is 0.524. The maximum Gasteiger partial charge on any atom is 0.289 e. The lowest BCUT2D eigenvalue weighted by atomic mass is 10.0. The lowest BCUT2D eigenvalue weighted by Crippen LogP contribution is -2.52. The van der Waals surface area contributed by atoms with Gasteiger partial charge in [0.2, 0.25) is 5.78 Å². The molecule has 2 rings (SSSR count). The number of H-pyrrole nitrogens is 1. The molecular formula is C21H31N3O3. The van der Waals surface area contributed by atoms with Gasteiger partial charge in [-0.25, -0.2) is 0 Å². The van der Waals surface area contributed by atoms with Gasteiger partial charge in [-0.05, 0) is 57.4 Å². The van der Waals surface area contributed by atoms with E-state index < -0.39 is 17.7 Å². The first-order valence-electron chi connectivity index (χ1n) is 9.49. The van der Waals surface area contributed by atoms with E-state index >= 15 is 0 Å². The second-order valence-electron chi connectivity index (χ2n) is 7.83. The van der Waals surface area contributed by atoms with E-state index in [0.29, 0.717) is 19.4 Å². The molecule has 0 fully saturated rings. The van der Waals surface area contributed by atoms with Crippen molar-refractivity contribution in [2.45, 2.75) is 58.5 Å². The summed E-state index contributed by atoms with van der Waals surface area (Å²) in [6, 6.07) is 5.39. The third-order valence-corrected chi connectivity index (χ3v) is 4.38. The fourth-order valence-corrected chi connectivity index (χ4v) is 3.13. The van der Waals surface area contributed by atoms with E-state index in [2.05, 4.69) is 15.6 Å². The van der Waals surface area contributed by atoms with Crippen LogP contribution in [-0.2, 0) is 16.0 Å². The normalized spacial score (nSPS) is 12.8. The summed E-state index contributed by atoms with van der Waals surface area (Å²) in [5, 5.41) is 7.08. The van der Waals surface area contributed by atoms with Crippen LogP contribution in [0.15, 0.2) is 24.4 Å². The lowest BCUT2D eigenvalue weighted by molar-refractivity contribution is -0.139. The van der Waals surface area contributed by atoms with Gasteiger partial charge in [0, 0.05) is 29.2 Å². The summed E-state index contributed by atoms with van der Waals surface area (Å²) in [6.07, 6.45) is 4.05. The van der Waals surface area contributed by atoms with Crippen molar-refractivity contribution in [2.75, 3.05) is 13.7 Å². The highest BCUT2D eigenvalue weighted by molar-refractivity contribution is 6.38. The predicted octanol–water partition coefficient (Wildman–Crippen LogP) is 2.96. The molecule has 1 atom stereocenters. The van der Waals surface area contributed by atoms with E-state index in [1.165, 1.54) is 0 Å². The number of aromatic nitrogens is 1. The molecule has 0 aliphatic heterocycles. The van der Waals surface area contributed by atoms with Gasteiger partial charge < -0.3 is 20.4 Å². The maximum absolute atomic E-state index is 12.5. The molecule has 1 heterocycles. The van der Waals surface area contributed by atoms with Crippen LogP contribution in [0.2, 0.25) is 0 Å². The first-order valence-corrected chi connectivity index (χ1v) is 9.49. The summed E-state index contributed by atoms with van der Waals surface area (Å²) in [6.45, 7) is 8.39. The van der Waals surface area contributed by atoms with Gasteiger partial charge >= 0.3 is 0 Å². The van der Waals surface area contributed by atoms with Gasteiger partial charge in [-0.1, -0.05) is 13.3 Å². The van der Waals surface area contributed by atoms with Crippen LogP contribution in [0.3, 0.4) is 0 Å². The van der Waals surface area contributed by atoms with Crippen LogP contribution in [0.25, 0.3) is 10.9 Å². The number of nitrogens with one attached hydrogen (secondary N) is 3. The number of Topliss-reactive ketones (excluding diaryl/α,β-unsaturated/α-hetero) is 1. The number of fused-ring (bicyclic) bond motifs is 1. The molecule has 0 bridgehead atoms. The summed E-state index contributed by atoms with van der Waals surface area (Å²) in [7, 11) is 1.64.